The number of aromatic nitrogens is 1. The Morgan fingerprint density at radius 1 is 0.771 bits per heavy atom. The zero-order chi connectivity index (χ0) is 23.5. The van der Waals surface area contributed by atoms with Crippen LogP contribution in [-0.4, -0.2) is 16.7 Å². The highest BCUT2D eigenvalue weighted by Crippen LogP contribution is 2.41. The number of benzene rings is 4. The minimum atomic E-state index is -0.135. The highest BCUT2D eigenvalue weighted by molar-refractivity contribution is 8.13. The first-order valence-electron chi connectivity index (χ1n) is 12.0. The maximum atomic E-state index is 6.64. The van der Waals surface area contributed by atoms with E-state index in [0.717, 1.165) is 40.5 Å². The van der Waals surface area contributed by atoms with Crippen molar-refractivity contribution in [2.75, 3.05) is 6.26 Å². The number of allylic oxidation sites excluding steroid dienone is 4. The van der Waals surface area contributed by atoms with Gasteiger partial charge in [-0.1, -0.05) is 72.6 Å². The third-order valence-corrected chi connectivity index (χ3v) is 8.16. The Morgan fingerprint density at radius 2 is 1.54 bits per heavy atom. The van der Waals surface area contributed by atoms with Crippen LogP contribution in [0.4, 0.5) is 0 Å². The molecule has 2 nitrogen and oxygen atoms in total. The van der Waals surface area contributed by atoms with E-state index in [1.807, 2.05) is 0 Å². The Kier molecular flexibility index (Phi) is 4.61. The maximum Gasteiger partial charge on any atom is 0.159 e. The van der Waals surface area contributed by atoms with Gasteiger partial charge in [0.05, 0.1) is 16.7 Å². The van der Waals surface area contributed by atoms with Gasteiger partial charge in [0, 0.05) is 26.4 Å². The van der Waals surface area contributed by atoms with Crippen molar-refractivity contribution in [3.63, 3.8) is 0 Å². The molecule has 0 spiro atoms. The fraction of sp³-hybridized carbons (Fsp3) is 0.0938. The van der Waals surface area contributed by atoms with Crippen LogP contribution in [-0.2, 0) is 0 Å². The van der Waals surface area contributed by atoms with Crippen LogP contribution in [0, 0.1) is 0 Å². The molecule has 2 heterocycles. The van der Waals surface area contributed by atoms with Crippen LogP contribution in [0.1, 0.15) is 18.4 Å². The van der Waals surface area contributed by atoms with E-state index in [-0.39, 0.29) is 10.5 Å². The van der Waals surface area contributed by atoms with Gasteiger partial charge in [-0.25, -0.2) is 0 Å². The van der Waals surface area contributed by atoms with Gasteiger partial charge in [0.15, 0.2) is 5.58 Å². The van der Waals surface area contributed by atoms with E-state index in [1.165, 1.54) is 37.8 Å². The number of para-hydroxylation sites is 3. The predicted octanol–water partition coefficient (Wildman–Crippen LogP) is 9.11. The van der Waals surface area contributed by atoms with Crippen LogP contribution in [0.5, 0.6) is 0 Å². The van der Waals surface area contributed by atoms with Gasteiger partial charge in [-0.05, 0) is 60.6 Å². The molecule has 1 atom stereocenters. The molecule has 6 aromatic rings. The molecule has 170 valence electrons. The average molecular weight is 472 g/mol. The second kappa shape index (κ2) is 7.86. The molecule has 0 saturated heterocycles. The largest absolute Gasteiger partial charge is 0.453 e. The lowest BCUT2D eigenvalue weighted by atomic mass is 9.98. The van der Waals surface area contributed by atoms with E-state index in [9.17, 15) is 0 Å². The van der Waals surface area contributed by atoms with Crippen LogP contribution in [0.15, 0.2) is 106 Å². The van der Waals surface area contributed by atoms with Crippen LogP contribution >= 0.6 is 10.5 Å². The third kappa shape index (κ3) is 3.08. The number of hydrogen-bond acceptors (Lipinski definition) is 1. The van der Waals surface area contributed by atoms with Gasteiger partial charge in [0.1, 0.15) is 5.58 Å². The van der Waals surface area contributed by atoms with Gasteiger partial charge in [-0.15, -0.1) is 0 Å². The molecule has 7 rings (SSSR count). The molecule has 2 aromatic heterocycles. The smallest absolute Gasteiger partial charge is 0.159 e. The molecular formula is C32H25NOS. The first-order valence-corrected chi connectivity index (χ1v) is 13.8. The van der Waals surface area contributed by atoms with Crippen LogP contribution in [0.3, 0.4) is 0 Å². The summed E-state index contributed by atoms with van der Waals surface area (Å²) in [6.07, 6.45) is 11.2. The summed E-state index contributed by atoms with van der Waals surface area (Å²) in [5.41, 5.74) is 7.91. The lowest BCUT2D eigenvalue weighted by Crippen LogP contribution is -1.94. The van der Waals surface area contributed by atoms with E-state index in [0.29, 0.717) is 0 Å². The molecule has 0 radical (unpaired) electrons. The second-order valence-electron chi connectivity index (χ2n) is 9.25. The molecule has 0 amide bonds. The van der Waals surface area contributed by atoms with E-state index >= 15 is 0 Å². The summed E-state index contributed by atoms with van der Waals surface area (Å²) < 4.78 is 9.01. The minimum Gasteiger partial charge on any atom is -0.453 e. The number of furan rings is 1. The molecule has 3 heteroatoms. The Hall–Kier alpha value is -3.82. The van der Waals surface area contributed by atoms with Crippen molar-refractivity contribution in [1.82, 2.24) is 4.57 Å². The van der Waals surface area contributed by atoms with Gasteiger partial charge in [-0.3, -0.25) is 0 Å². The summed E-state index contributed by atoms with van der Waals surface area (Å²) in [4.78, 5) is 1.17. The standard InChI is InChI=1S/C32H25NOS/c1-35(2)30-17-9-14-25-24-13-8-16-29(31(24)34-32(25)30)33-27-15-7-6-12-23(27)26-20-22(18-19-28(26)33)21-10-4-3-5-11-21/h4,6-20H,1,3,5H2,2H3. The second-order valence-corrected chi connectivity index (χ2v) is 11.0. The molecule has 1 aliphatic rings. The Labute approximate surface area is 206 Å². The minimum absolute atomic E-state index is 0.135. The Bertz CT molecular complexity index is 1880. The molecule has 1 aliphatic carbocycles. The molecule has 4 aromatic carbocycles. The van der Waals surface area contributed by atoms with Crippen molar-refractivity contribution < 1.29 is 4.42 Å². The zero-order valence-corrected chi connectivity index (χ0v) is 20.4. The van der Waals surface area contributed by atoms with Gasteiger partial charge >= 0.3 is 0 Å². The van der Waals surface area contributed by atoms with Crippen LogP contribution in [0.25, 0.3) is 55.0 Å². The fourth-order valence-corrected chi connectivity index (χ4v) is 6.25. The van der Waals surface area contributed by atoms with E-state index < -0.39 is 0 Å². The fourth-order valence-electron chi connectivity index (χ4n) is 5.47. The van der Waals surface area contributed by atoms with Gasteiger partial charge in [0.25, 0.3) is 0 Å². The first kappa shape index (κ1) is 20.5. The highest BCUT2D eigenvalue weighted by Gasteiger charge is 2.19. The quantitative estimate of drug-likeness (QED) is 0.235. The summed E-state index contributed by atoms with van der Waals surface area (Å²) in [6, 6.07) is 28.4. The number of hydrogen-bond donors (Lipinski definition) is 0. The molecule has 35 heavy (non-hydrogen) atoms. The summed E-state index contributed by atoms with van der Waals surface area (Å²) >= 11 is 0. The zero-order valence-electron chi connectivity index (χ0n) is 19.6. The van der Waals surface area contributed by atoms with E-state index in [4.69, 9.17) is 4.42 Å². The lowest BCUT2D eigenvalue weighted by molar-refractivity contribution is 0.658. The van der Waals surface area contributed by atoms with Crippen molar-refractivity contribution >= 4 is 65.7 Å². The van der Waals surface area contributed by atoms with Crippen molar-refractivity contribution in [3.05, 3.63) is 103 Å². The molecule has 0 bridgehead atoms. The summed E-state index contributed by atoms with van der Waals surface area (Å²) in [5.74, 6) is 4.28. The maximum absolute atomic E-state index is 6.64. The van der Waals surface area contributed by atoms with Crippen molar-refractivity contribution in [3.8, 4) is 5.69 Å². The van der Waals surface area contributed by atoms with Gasteiger partial charge < -0.3 is 8.98 Å². The highest BCUT2D eigenvalue weighted by atomic mass is 32.2. The average Bonchev–Trinajstić information content (AvgIpc) is 3.44. The predicted molar refractivity (Wildman–Crippen MR) is 153 cm³/mol. The van der Waals surface area contributed by atoms with Crippen LogP contribution < -0.4 is 0 Å². The summed E-state index contributed by atoms with van der Waals surface area (Å²) in [5, 5.41) is 4.82. The number of nitrogens with zero attached hydrogens (tertiary/aromatic N) is 1. The molecule has 0 N–H and O–H groups in total. The molecule has 0 aliphatic heterocycles. The van der Waals surface area contributed by atoms with Gasteiger partial charge in [0.2, 0.25) is 0 Å². The number of rotatable bonds is 3. The van der Waals surface area contributed by atoms with Crippen molar-refractivity contribution in [2.45, 2.75) is 17.7 Å². The third-order valence-electron chi connectivity index (χ3n) is 7.08. The number of fused-ring (bicyclic) bond motifs is 6. The normalized spacial score (nSPS) is 14.8. The lowest BCUT2D eigenvalue weighted by Gasteiger charge is -2.10. The summed E-state index contributed by atoms with van der Waals surface area (Å²) in [6.45, 7) is 0. The summed E-state index contributed by atoms with van der Waals surface area (Å²) in [7, 11) is -0.135. The topological polar surface area (TPSA) is 18.1 Å². The monoisotopic (exact) mass is 471 g/mol. The molecule has 0 saturated carbocycles. The molecule has 0 fully saturated rings. The first-order chi connectivity index (χ1) is 17.2. The van der Waals surface area contributed by atoms with E-state index in [2.05, 4.69) is 114 Å². The van der Waals surface area contributed by atoms with E-state index in [1.54, 1.807) is 0 Å². The van der Waals surface area contributed by atoms with Gasteiger partial charge in [-0.2, -0.15) is 10.5 Å². The Morgan fingerprint density at radius 3 is 2.37 bits per heavy atom. The van der Waals surface area contributed by atoms with Crippen molar-refractivity contribution in [2.24, 2.45) is 0 Å². The Balaban J connectivity index is 1.56. The van der Waals surface area contributed by atoms with Crippen LogP contribution in [0.2, 0.25) is 0 Å². The van der Waals surface area contributed by atoms with Crippen molar-refractivity contribution in [1.29, 1.82) is 0 Å². The molecular weight excluding hydrogens is 446 g/mol. The SMILES string of the molecule is C=S(C)c1cccc2c1oc1c(-n3c4ccccc4c4cc(C5=CCCC=C5)ccc43)cccc12. The molecule has 1 unspecified atom stereocenters.